The quantitative estimate of drug-likeness (QED) is 0.474. The van der Waals surface area contributed by atoms with Crippen LogP contribution < -0.4 is 5.32 Å². The molecule has 1 atom stereocenters. The van der Waals surface area contributed by atoms with Crippen LogP contribution in [0.15, 0.2) is 42.5 Å². The Labute approximate surface area is 202 Å². The number of nitrogens with one attached hydrogen (secondary N) is 1. The molecule has 2 aromatic rings. The lowest BCUT2D eigenvalue weighted by atomic mass is 10.1. The highest BCUT2D eigenvalue weighted by molar-refractivity contribution is 7.99. The van der Waals surface area contributed by atoms with E-state index in [-0.39, 0.29) is 36.0 Å². The summed E-state index contributed by atoms with van der Waals surface area (Å²) < 4.78 is 13.1. The third-order valence-corrected chi connectivity index (χ3v) is 7.21. The number of rotatable bonds is 9. The first-order chi connectivity index (χ1) is 15.3. The number of hydrogen-bond acceptors (Lipinski definition) is 3. The van der Waals surface area contributed by atoms with Gasteiger partial charge in [0.1, 0.15) is 11.9 Å². The first-order valence-corrected chi connectivity index (χ1v) is 12.6. The van der Waals surface area contributed by atoms with Gasteiger partial charge in [0.05, 0.1) is 5.75 Å². The molecule has 1 saturated carbocycles. The van der Waals surface area contributed by atoms with Crippen molar-refractivity contribution < 1.29 is 14.0 Å². The van der Waals surface area contributed by atoms with Crippen LogP contribution in [0.25, 0.3) is 0 Å². The standard InChI is InChI=1S/C24H27Cl2FN2O2S/c1-16(24(31)28-21-4-2-3-5-21)29(13-18-8-9-19(25)12-22(18)26)23(30)15-32-14-17-6-10-20(27)11-7-17/h6-12,16,21H,2-5,13-15H2,1H3,(H,28,31). The SMILES string of the molecule is CC(C(=O)NC1CCCC1)N(Cc1ccc(Cl)cc1Cl)C(=O)CSCc1ccc(F)cc1. The van der Waals surface area contributed by atoms with E-state index in [4.69, 9.17) is 23.2 Å². The van der Waals surface area contributed by atoms with Gasteiger partial charge in [-0.15, -0.1) is 11.8 Å². The molecule has 1 fully saturated rings. The molecule has 0 aliphatic heterocycles. The highest BCUT2D eigenvalue weighted by Gasteiger charge is 2.28. The monoisotopic (exact) mass is 496 g/mol. The Morgan fingerprint density at radius 1 is 1.16 bits per heavy atom. The molecule has 1 aliphatic carbocycles. The van der Waals surface area contributed by atoms with Crippen molar-refractivity contribution in [2.24, 2.45) is 0 Å². The predicted octanol–water partition coefficient (Wildman–Crippen LogP) is 5.84. The molecule has 1 aliphatic rings. The molecule has 1 N–H and O–H groups in total. The Morgan fingerprint density at radius 2 is 1.84 bits per heavy atom. The van der Waals surface area contributed by atoms with Crippen LogP contribution >= 0.6 is 35.0 Å². The van der Waals surface area contributed by atoms with Crippen LogP contribution in [0.1, 0.15) is 43.7 Å². The van der Waals surface area contributed by atoms with E-state index >= 15 is 0 Å². The zero-order chi connectivity index (χ0) is 23.1. The molecular formula is C24H27Cl2FN2O2S. The van der Waals surface area contributed by atoms with Gasteiger partial charge in [0.15, 0.2) is 0 Å². The van der Waals surface area contributed by atoms with Crippen molar-refractivity contribution >= 4 is 46.8 Å². The third-order valence-electron chi connectivity index (χ3n) is 5.63. The Balaban J connectivity index is 1.68. The lowest BCUT2D eigenvalue weighted by Gasteiger charge is -2.30. The molecule has 1 unspecified atom stereocenters. The normalized spacial score (nSPS) is 14.9. The number of carbonyl (C=O) groups excluding carboxylic acids is 2. The molecule has 0 spiro atoms. The van der Waals surface area contributed by atoms with E-state index in [1.54, 1.807) is 42.2 Å². The summed E-state index contributed by atoms with van der Waals surface area (Å²) in [7, 11) is 0. The van der Waals surface area contributed by atoms with Crippen molar-refractivity contribution in [3.8, 4) is 0 Å². The van der Waals surface area contributed by atoms with E-state index < -0.39 is 6.04 Å². The van der Waals surface area contributed by atoms with Crippen molar-refractivity contribution in [2.75, 3.05) is 5.75 Å². The first kappa shape index (κ1) is 24.9. The van der Waals surface area contributed by atoms with Crippen LogP contribution in [0.2, 0.25) is 10.0 Å². The van der Waals surface area contributed by atoms with Gasteiger partial charge in [0.2, 0.25) is 11.8 Å². The van der Waals surface area contributed by atoms with E-state index in [1.165, 1.54) is 23.9 Å². The van der Waals surface area contributed by atoms with Crippen molar-refractivity contribution in [3.05, 3.63) is 69.5 Å². The molecule has 2 amide bonds. The smallest absolute Gasteiger partial charge is 0.242 e. The van der Waals surface area contributed by atoms with Crippen molar-refractivity contribution in [2.45, 2.75) is 57.0 Å². The topological polar surface area (TPSA) is 49.4 Å². The number of benzene rings is 2. The molecule has 8 heteroatoms. The van der Waals surface area contributed by atoms with Gasteiger partial charge in [-0.05, 0) is 55.2 Å². The lowest BCUT2D eigenvalue weighted by Crippen LogP contribution is -2.50. The van der Waals surface area contributed by atoms with Crippen LogP contribution in [0, 0.1) is 5.82 Å². The van der Waals surface area contributed by atoms with Gasteiger partial charge in [-0.25, -0.2) is 4.39 Å². The lowest BCUT2D eigenvalue weighted by molar-refractivity contribution is -0.138. The van der Waals surface area contributed by atoms with Gasteiger partial charge in [0.25, 0.3) is 0 Å². The molecule has 172 valence electrons. The minimum atomic E-state index is -0.638. The van der Waals surface area contributed by atoms with Crippen LogP contribution in [0.3, 0.4) is 0 Å². The van der Waals surface area contributed by atoms with Crippen molar-refractivity contribution in [3.63, 3.8) is 0 Å². The summed E-state index contributed by atoms with van der Waals surface area (Å²) in [5.41, 5.74) is 1.66. The van der Waals surface area contributed by atoms with Crippen molar-refractivity contribution in [1.29, 1.82) is 0 Å². The molecule has 0 saturated heterocycles. The van der Waals surface area contributed by atoms with Gasteiger partial charge in [0, 0.05) is 28.4 Å². The first-order valence-electron chi connectivity index (χ1n) is 10.7. The number of hydrogen-bond donors (Lipinski definition) is 1. The Kier molecular flexibility index (Phi) is 9.26. The van der Waals surface area contributed by atoms with E-state index in [9.17, 15) is 14.0 Å². The summed E-state index contributed by atoms with van der Waals surface area (Å²) in [6.07, 6.45) is 4.18. The highest BCUT2D eigenvalue weighted by atomic mass is 35.5. The maximum Gasteiger partial charge on any atom is 0.242 e. The Hall–Kier alpha value is -1.76. The number of nitrogens with zero attached hydrogens (tertiary/aromatic N) is 1. The average molecular weight is 497 g/mol. The predicted molar refractivity (Wildman–Crippen MR) is 129 cm³/mol. The van der Waals surface area contributed by atoms with Gasteiger partial charge < -0.3 is 10.2 Å². The fourth-order valence-corrected chi connectivity index (χ4v) is 5.07. The fraction of sp³-hybridized carbons (Fsp3) is 0.417. The molecule has 0 aromatic heterocycles. The molecular weight excluding hydrogens is 470 g/mol. The number of amides is 2. The largest absolute Gasteiger partial charge is 0.352 e. The zero-order valence-corrected chi connectivity index (χ0v) is 20.3. The second kappa shape index (κ2) is 11.9. The highest BCUT2D eigenvalue weighted by Crippen LogP contribution is 2.24. The summed E-state index contributed by atoms with van der Waals surface area (Å²) >= 11 is 13.8. The minimum Gasteiger partial charge on any atom is -0.352 e. The second-order valence-corrected chi connectivity index (χ2v) is 9.87. The minimum absolute atomic E-state index is 0.154. The van der Waals surface area contributed by atoms with Crippen LogP contribution in [0.5, 0.6) is 0 Å². The average Bonchev–Trinajstić information content (AvgIpc) is 3.27. The van der Waals surface area contributed by atoms with Gasteiger partial charge in [-0.3, -0.25) is 9.59 Å². The maximum absolute atomic E-state index is 13.1. The molecule has 2 aromatic carbocycles. The molecule has 4 nitrogen and oxygen atoms in total. The van der Waals surface area contributed by atoms with Gasteiger partial charge in [-0.2, -0.15) is 0 Å². The zero-order valence-electron chi connectivity index (χ0n) is 18.0. The number of carbonyl (C=O) groups is 2. The summed E-state index contributed by atoms with van der Waals surface area (Å²) in [6.45, 7) is 1.96. The van der Waals surface area contributed by atoms with Gasteiger partial charge in [-0.1, -0.05) is 54.2 Å². The molecule has 0 heterocycles. The van der Waals surface area contributed by atoms with E-state index in [0.717, 1.165) is 36.8 Å². The summed E-state index contributed by atoms with van der Waals surface area (Å²) in [6, 6.07) is 10.9. The Morgan fingerprint density at radius 3 is 2.50 bits per heavy atom. The number of thioether (sulfide) groups is 1. The Bertz CT molecular complexity index is 936. The van der Waals surface area contributed by atoms with E-state index in [2.05, 4.69) is 5.32 Å². The van der Waals surface area contributed by atoms with E-state index in [0.29, 0.717) is 15.8 Å². The van der Waals surface area contributed by atoms with Crippen LogP contribution in [0.4, 0.5) is 4.39 Å². The summed E-state index contributed by atoms with van der Waals surface area (Å²) in [5.74, 6) is 0.174. The summed E-state index contributed by atoms with van der Waals surface area (Å²) in [4.78, 5) is 27.6. The number of halogens is 3. The molecule has 0 radical (unpaired) electrons. The van der Waals surface area contributed by atoms with Crippen LogP contribution in [-0.4, -0.2) is 34.6 Å². The van der Waals surface area contributed by atoms with Gasteiger partial charge >= 0.3 is 0 Å². The van der Waals surface area contributed by atoms with E-state index in [1.807, 2.05) is 0 Å². The van der Waals surface area contributed by atoms with Crippen molar-refractivity contribution in [1.82, 2.24) is 10.2 Å². The molecule has 3 rings (SSSR count). The second-order valence-electron chi connectivity index (χ2n) is 8.04. The van der Waals surface area contributed by atoms with Crippen LogP contribution in [-0.2, 0) is 21.9 Å². The maximum atomic E-state index is 13.1. The third kappa shape index (κ3) is 7.12. The molecule has 32 heavy (non-hydrogen) atoms. The summed E-state index contributed by atoms with van der Waals surface area (Å²) in [5, 5.41) is 4.05. The fourth-order valence-electron chi connectivity index (χ4n) is 3.73. The molecule has 0 bridgehead atoms.